The Labute approximate surface area is 178 Å². The third-order valence-electron chi connectivity index (χ3n) is 6.12. The summed E-state index contributed by atoms with van der Waals surface area (Å²) in [6.45, 7) is 4.56. The zero-order valence-electron chi connectivity index (χ0n) is 19.9. The molecule has 0 rings (SSSR count). The van der Waals surface area contributed by atoms with Crippen LogP contribution in [0.4, 0.5) is 0 Å². The van der Waals surface area contributed by atoms with Crippen molar-refractivity contribution in [2.45, 2.75) is 168 Å². The lowest BCUT2D eigenvalue weighted by Crippen LogP contribution is -1.97. The van der Waals surface area contributed by atoms with E-state index in [1.165, 1.54) is 128 Å². The van der Waals surface area contributed by atoms with Crippen LogP contribution >= 0.6 is 0 Å². The summed E-state index contributed by atoms with van der Waals surface area (Å²) in [5, 5.41) is 0. The molecule has 0 aromatic rings. The van der Waals surface area contributed by atoms with Crippen LogP contribution in [0, 0.1) is 0 Å². The molecular formula is C27H54O. The Balaban J connectivity index is 3.13. The molecule has 0 N–H and O–H groups in total. The first-order chi connectivity index (χ1) is 13.8. The van der Waals surface area contributed by atoms with E-state index in [1.807, 2.05) is 0 Å². The lowest BCUT2D eigenvalue weighted by Gasteiger charge is -2.04. The molecular weight excluding hydrogens is 340 g/mol. The monoisotopic (exact) mass is 394 g/mol. The maximum atomic E-state index is 12.0. The average molecular weight is 395 g/mol. The van der Waals surface area contributed by atoms with Gasteiger partial charge in [0, 0.05) is 12.8 Å². The molecule has 0 saturated carbocycles. The largest absolute Gasteiger partial charge is 0.300 e. The third kappa shape index (κ3) is 23.7. The van der Waals surface area contributed by atoms with Gasteiger partial charge in [-0.1, -0.05) is 142 Å². The number of carbonyl (C=O) groups excluding carboxylic acids is 1. The van der Waals surface area contributed by atoms with Crippen molar-refractivity contribution in [1.82, 2.24) is 0 Å². The Morgan fingerprint density at radius 2 is 0.571 bits per heavy atom. The van der Waals surface area contributed by atoms with E-state index in [0.29, 0.717) is 5.78 Å². The molecule has 0 radical (unpaired) electrons. The summed E-state index contributed by atoms with van der Waals surface area (Å²) in [7, 11) is 0. The van der Waals surface area contributed by atoms with E-state index < -0.39 is 0 Å². The number of carbonyl (C=O) groups is 1. The predicted octanol–water partition coefficient (Wildman–Crippen LogP) is 9.96. The first kappa shape index (κ1) is 27.7. The molecule has 0 aromatic carbocycles. The molecule has 0 aliphatic heterocycles. The van der Waals surface area contributed by atoms with Gasteiger partial charge in [-0.3, -0.25) is 4.79 Å². The van der Waals surface area contributed by atoms with Crippen LogP contribution < -0.4 is 0 Å². The number of hydrogen-bond donors (Lipinski definition) is 0. The van der Waals surface area contributed by atoms with E-state index >= 15 is 0 Å². The maximum Gasteiger partial charge on any atom is 0.132 e. The van der Waals surface area contributed by atoms with E-state index in [4.69, 9.17) is 0 Å². The molecule has 168 valence electrons. The van der Waals surface area contributed by atoms with Crippen molar-refractivity contribution >= 4 is 5.78 Å². The molecule has 1 heteroatoms. The van der Waals surface area contributed by atoms with Gasteiger partial charge in [0.1, 0.15) is 5.78 Å². The Hall–Kier alpha value is -0.330. The summed E-state index contributed by atoms with van der Waals surface area (Å²) in [5.41, 5.74) is 0. The molecule has 0 atom stereocenters. The molecule has 0 aliphatic rings. The summed E-state index contributed by atoms with van der Waals surface area (Å²) in [6.07, 6.45) is 31.6. The van der Waals surface area contributed by atoms with Crippen LogP contribution in [0.25, 0.3) is 0 Å². The first-order valence-electron chi connectivity index (χ1n) is 13.3. The number of ketones is 1. The summed E-state index contributed by atoms with van der Waals surface area (Å²) < 4.78 is 0. The highest BCUT2D eigenvalue weighted by Gasteiger charge is 2.02. The van der Waals surface area contributed by atoms with Crippen molar-refractivity contribution < 1.29 is 4.79 Å². The van der Waals surface area contributed by atoms with Crippen molar-refractivity contribution in [1.29, 1.82) is 0 Å². The van der Waals surface area contributed by atoms with Crippen LogP contribution in [-0.4, -0.2) is 5.78 Å². The summed E-state index contributed by atoms with van der Waals surface area (Å²) in [4.78, 5) is 12.0. The molecule has 0 saturated heterocycles. The van der Waals surface area contributed by atoms with Crippen molar-refractivity contribution in [2.75, 3.05) is 0 Å². The minimum atomic E-state index is 0.519. The second kappa shape index (κ2) is 24.7. The molecule has 1 nitrogen and oxygen atoms in total. The highest BCUT2D eigenvalue weighted by Crippen LogP contribution is 2.14. The highest BCUT2D eigenvalue weighted by molar-refractivity contribution is 5.78. The lowest BCUT2D eigenvalue weighted by molar-refractivity contribution is -0.119. The van der Waals surface area contributed by atoms with Gasteiger partial charge in [0.05, 0.1) is 0 Å². The van der Waals surface area contributed by atoms with E-state index in [1.54, 1.807) is 0 Å². The van der Waals surface area contributed by atoms with Gasteiger partial charge in [0.2, 0.25) is 0 Å². The molecule has 0 spiro atoms. The number of unbranched alkanes of at least 4 members (excludes halogenated alkanes) is 20. The first-order valence-corrected chi connectivity index (χ1v) is 13.3. The molecule has 0 aromatic heterocycles. The normalized spacial score (nSPS) is 11.2. The van der Waals surface area contributed by atoms with E-state index in [2.05, 4.69) is 13.8 Å². The number of hydrogen-bond acceptors (Lipinski definition) is 1. The zero-order valence-corrected chi connectivity index (χ0v) is 19.9. The van der Waals surface area contributed by atoms with Gasteiger partial charge in [-0.05, 0) is 12.8 Å². The Morgan fingerprint density at radius 3 is 0.821 bits per heavy atom. The quantitative estimate of drug-likeness (QED) is 0.149. The van der Waals surface area contributed by atoms with Crippen molar-refractivity contribution in [2.24, 2.45) is 0 Å². The van der Waals surface area contributed by atoms with Gasteiger partial charge in [-0.15, -0.1) is 0 Å². The summed E-state index contributed by atoms with van der Waals surface area (Å²) in [6, 6.07) is 0. The van der Waals surface area contributed by atoms with Crippen LogP contribution in [0.5, 0.6) is 0 Å². The minimum absolute atomic E-state index is 0.519. The molecule has 28 heavy (non-hydrogen) atoms. The molecule has 0 fully saturated rings. The summed E-state index contributed by atoms with van der Waals surface area (Å²) in [5.74, 6) is 0.519. The van der Waals surface area contributed by atoms with Gasteiger partial charge in [-0.2, -0.15) is 0 Å². The van der Waals surface area contributed by atoms with Crippen LogP contribution in [-0.2, 0) is 4.79 Å². The van der Waals surface area contributed by atoms with Crippen LogP contribution in [0.1, 0.15) is 168 Å². The van der Waals surface area contributed by atoms with E-state index in [0.717, 1.165) is 25.7 Å². The van der Waals surface area contributed by atoms with Crippen molar-refractivity contribution in [3.8, 4) is 0 Å². The van der Waals surface area contributed by atoms with E-state index in [-0.39, 0.29) is 0 Å². The Bertz CT molecular complexity index is 297. The maximum absolute atomic E-state index is 12.0. The standard InChI is InChI=1S/C27H54O/c1-3-5-7-9-11-13-14-15-16-18-20-22-24-26-27(28)25-23-21-19-17-12-10-8-6-4-2/h3-26H2,1-2H3. The van der Waals surface area contributed by atoms with Crippen LogP contribution in [0.15, 0.2) is 0 Å². The van der Waals surface area contributed by atoms with Gasteiger partial charge in [0.25, 0.3) is 0 Å². The molecule has 0 heterocycles. The predicted molar refractivity (Wildman–Crippen MR) is 127 cm³/mol. The fourth-order valence-corrected chi connectivity index (χ4v) is 4.10. The van der Waals surface area contributed by atoms with Gasteiger partial charge in [0.15, 0.2) is 0 Å². The summed E-state index contributed by atoms with van der Waals surface area (Å²) >= 11 is 0. The molecule has 0 aliphatic carbocycles. The van der Waals surface area contributed by atoms with E-state index in [9.17, 15) is 4.79 Å². The second-order valence-electron chi connectivity index (χ2n) is 9.11. The second-order valence-corrected chi connectivity index (χ2v) is 9.11. The third-order valence-corrected chi connectivity index (χ3v) is 6.12. The fourth-order valence-electron chi connectivity index (χ4n) is 4.10. The highest BCUT2D eigenvalue weighted by atomic mass is 16.1. The van der Waals surface area contributed by atoms with Crippen molar-refractivity contribution in [3.63, 3.8) is 0 Å². The molecule has 0 unspecified atom stereocenters. The average Bonchev–Trinajstić information content (AvgIpc) is 2.70. The van der Waals surface area contributed by atoms with Crippen LogP contribution in [0.3, 0.4) is 0 Å². The Morgan fingerprint density at radius 1 is 0.357 bits per heavy atom. The number of Topliss-reactive ketones (excluding diaryl/α,β-unsaturated/α-hetero) is 1. The fraction of sp³-hybridized carbons (Fsp3) is 0.963. The van der Waals surface area contributed by atoms with Crippen molar-refractivity contribution in [3.05, 3.63) is 0 Å². The number of rotatable bonds is 24. The van der Waals surface area contributed by atoms with Gasteiger partial charge < -0.3 is 0 Å². The van der Waals surface area contributed by atoms with Gasteiger partial charge >= 0.3 is 0 Å². The molecule has 0 bridgehead atoms. The molecule has 0 amide bonds. The minimum Gasteiger partial charge on any atom is -0.300 e. The topological polar surface area (TPSA) is 17.1 Å². The zero-order chi connectivity index (χ0) is 20.5. The smallest absolute Gasteiger partial charge is 0.132 e. The SMILES string of the molecule is CCCCCCCCCCCCCCCC(=O)CCCCCCCCCCC. The lowest BCUT2D eigenvalue weighted by atomic mass is 10.0. The van der Waals surface area contributed by atoms with Crippen LogP contribution in [0.2, 0.25) is 0 Å². The van der Waals surface area contributed by atoms with Gasteiger partial charge in [-0.25, -0.2) is 0 Å². The Kier molecular flexibility index (Phi) is 24.4.